The number of rotatable bonds is 6. The van der Waals surface area contributed by atoms with E-state index in [1.165, 1.54) is 0 Å². The Labute approximate surface area is 166 Å². The normalized spacial score (nSPS) is 14.6. The van der Waals surface area contributed by atoms with Gasteiger partial charge in [0.15, 0.2) is 0 Å². The fourth-order valence-corrected chi connectivity index (χ4v) is 3.48. The van der Waals surface area contributed by atoms with Crippen LogP contribution in [0.2, 0.25) is 0 Å². The first-order valence-electron chi connectivity index (χ1n) is 9.97. The molecule has 3 rings (SSSR count). The van der Waals surface area contributed by atoms with E-state index in [0.717, 1.165) is 42.5 Å². The summed E-state index contributed by atoms with van der Waals surface area (Å²) in [4.78, 5) is 25.0. The van der Waals surface area contributed by atoms with Crippen molar-refractivity contribution in [2.75, 3.05) is 36.5 Å². The monoisotopic (exact) mass is 383 g/mol. The highest BCUT2D eigenvalue weighted by atomic mass is 16.6. The number of para-hydroxylation sites is 1. The van der Waals surface area contributed by atoms with Crippen molar-refractivity contribution >= 4 is 23.4 Å². The second kappa shape index (κ2) is 9.39. The quantitative estimate of drug-likeness (QED) is 0.814. The van der Waals surface area contributed by atoms with Gasteiger partial charge in [-0.05, 0) is 45.7 Å². The summed E-state index contributed by atoms with van der Waals surface area (Å²) in [6.07, 6.45) is 1.52. The first-order chi connectivity index (χ1) is 13.6. The molecule has 0 unspecified atom stereocenters. The molecule has 1 aromatic carbocycles. The van der Waals surface area contributed by atoms with Crippen molar-refractivity contribution in [3.8, 4) is 0 Å². The Balaban J connectivity index is 1.68. The van der Waals surface area contributed by atoms with Crippen LogP contribution in [0.1, 0.15) is 32.5 Å². The number of aromatic nitrogens is 2. The van der Waals surface area contributed by atoms with Gasteiger partial charge in [-0.2, -0.15) is 0 Å². The van der Waals surface area contributed by atoms with Gasteiger partial charge < -0.3 is 19.9 Å². The lowest BCUT2D eigenvalue weighted by molar-refractivity contribution is 0.0983. The van der Waals surface area contributed by atoms with Gasteiger partial charge in [-0.1, -0.05) is 18.2 Å². The zero-order chi connectivity index (χ0) is 19.9. The zero-order valence-electron chi connectivity index (χ0n) is 16.9. The van der Waals surface area contributed by atoms with Crippen LogP contribution >= 0.6 is 0 Å². The van der Waals surface area contributed by atoms with E-state index in [1.54, 1.807) is 4.90 Å². The second-order valence-electron chi connectivity index (χ2n) is 6.84. The number of carbonyl (C=O) groups excluding carboxylic acids is 1. The number of nitrogens with one attached hydrogen (secondary N) is 1. The van der Waals surface area contributed by atoms with Crippen LogP contribution in [0.4, 0.5) is 22.1 Å². The molecule has 1 aromatic heterocycles. The maximum Gasteiger partial charge on any atom is 0.409 e. The summed E-state index contributed by atoms with van der Waals surface area (Å²) in [5.74, 6) is 2.44. The van der Waals surface area contributed by atoms with E-state index in [4.69, 9.17) is 4.74 Å². The summed E-state index contributed by atoms with van der Waals surface area (Å²) < 4.78 is 5.09. The molecule has 1 amide bonds. The van der Waals surface area contributed by atoms with Gasteiger partial charge in [0.25, 0.3) is 0 Å². The molecule has 7 heteroatoms. The number of hydrogen-bond acceptors (Lipinski definition) is 6. The van der Waals surface area contributed by atoms with Crippen LogP contribution in [0.25, 0.3) is 0 Å². The molecule has 0 bridgehead atoms. The lowest BCUT2D eigenvalue weighted by Crippen LogP contribution is -2.42. The number of nitrogens with zero attached hydrogens (tertiary/aromatic N) is 4. The van der Waals surface area contributed by atoms with E-state index in [-0.39, 0.29) is 12.1 Å². The molecule has 0 spiro atoms. The van der Waals surface area contributed by atoms with Crippen molar-refractivity contribution in [3.63, 3.8) is 0 Å². The van der Waals surface area contributed by atoms with Gasteiger partial charge >= 0.3 is 6.09 Å². The molecule has 28 heavy (non-hydrogen) atoms. The van der Waals surface area contributed by atoms with E-state index in [9.17, 15) is 4.79 Å². The number of anilines is 3. The van der Waals surface area contributed by atoms with E-state index in [1.807, 2.05) is 38.1 Å². The molecule has 7 nitrogen and oxygen atoms in total. The van der Waals surface area contributed by atoms with Gasteiger partial charge in [0.05, 0.1) is 6.61 Å². The lowest BCUT2D eigenvalue weighted by atomic mass is 10.1. The van der Waals surface area contributed by atoms with Crippen LogP contribution in [0, 0.1) is 6.92 Å². The van der Waals surface area contributed by atoms with Gasteiger partial charge in [0.1, 0.15) is 17.5 Å². The van der Waals surface area contributed by atoms with E-state index in [2.05, 4.69) is 39.2 Å². The maximum absolute atomic E-state index is 11.9. The van der Waals surface area contributed by atoms with Crippen molar-refractivity contribution in [3.05, 3.63) is 42.2 Å². The molecule has 1 saturated heterocycles. The third-order valence-electron chi connectivity index (χ3n) is 4.86. The number of likely N-dealkylation sites (tertiary alicyclic amines) is 1. The van der Waals surface area contributed by atoms with Gasteiger partial charge in [0.2, 0.25) is 0 Å². The van der Waals surface area contributed by atoms with Crippen LogP contribution in [-0.4, -0.2) is 53.2 Å². The highest BCUT2D eigenvalue weighted by Crippen LogP contribution is 2.26. The Hall–Kier alpha value is -2.83. The van der Waals surface area contributed by atoms with Gasteiger partial charge in [-0.15, -0.1) is 0 Å². The van der Waals surface area contributed by atoms with Crippen molar-refractivity contribution in [2.24, 2.45) is 0 Å². The SMILES string of the molecule is CCOC(=O)N1CCC(Nc2cc(N(CC)c3ccccc3)nc(C)n2)CC1. The van der Waals surface area contributed by atoms with Crippen LogP contribution in [0.3, 0.4) is 0 Å². The molecule has 0 saturated carbocycles. The Morgan fingerprint density at radius 2 is 1.93 bits per heavy atom. The molecule has 1 N–H and O–H groups in total. The Morgan fingerprint density at radius 3 is 2.57 bits per heavy atom. The molecule has 0 aliphatic carbocycles. The highest BCUT2D eigenvalue weighted by Gasteiger charge is 2.24. The van der Waals surface area contributed by atoms with Gasteiger partial charge in [-0.3, -0.25) is 0 Å². The molecule has 150 valence electrons. The van der Waals surface area contributed by atoms with Gasteiger partial charge in [-0.25, -0.2) is 14.8 Å². The minimum Gasteiger partial charge on any atom is -0.450 e. The summed E-state index contributed by atoms with van der Waals surface area (Å²) in [5.41, 5.74) is 1.11. The largest absolute Gasteiger partial charge is 0.450 e. The van der Waals surface area contributed by atoms with E-state index in [0.29, 0.717) is 19.7 Å². The number of hydrogen-bond donors (Lipinski definition) is 1. The van der Waals surface area contributed by atoms with Crippen molar-refractivity contribution in [2.45, 2.75) is 39.7 Å². The zero-order valence-corrected chi connectivity index (χ0v) is 16.9. The van der Waals surface area contributed by atoms with E-state index >= 15 is 0 Å². The molecule has 0 atom stereocenters. The number of benzene rings is 1. The second-order valence-corrected chi connectivity index (χ2v) is 6.84. The summed E-state index contributed by atoms with van der Waals surface area (Å²) >= 11 is 0. The fourth-order valence-electron chi connectivity index (χ4n) is 3.48. The Bertz CT molecular complexity index is 776. The van der Waals surface area contributed by atoms with E-state index < -0.39 is 0 Å². The smallest absolute Gasteiger partial charge is 0.409 e. The summed E-state index contributed by atoms with van der Waals surface area (Å²) in [6, 6.07) is 12.5. The predicted octanol–water partition coefficient (Wildman–Crippen LogP) is 3.98. The number of amides is 1. The van der Waals surface area contributed by atoms with Crippen molar-refractivity contribution < 1.29 is 9.53 Å². The summed E-state index contributed by atoms with van der Waals surface area (Å²) in [5, 5.41) is 3.53. The molecule has 2 heterocycles. The molecule has 1 fully saturated rings. The third kappa shape index (κ3) is 4.91. The van der Waals surface area contributed by atoms with Crippen molar-refractivity contribution in [1.29, 1.82) is 0 Å². The number of ether oxygens (including phenoxy) is 1. The lowest BCUT2D eigenvalue weighted by Gasteiger charge is -2.32. The Morgan fingerprint density at radius 1 is 1.21 bits per heavy atom. The first-order valence-corrected chi connectivity index (χ1v) is 9.97. The number of aryl methyl sites for hydroxylation is 1. The number of carbonyl (C=O) groups is 1. The van der Waals surface area contributed by atoms with Crippen molar-refractivity contribution in [1.82, 2.24) is 14.9 Å². The predicted molar refractivity (Wildman–Crippen MR) is 111 cm³/mol. The molecule has 2 aromatic rings. The highest BCUT2D eigenvalue weighted by molar-refractivity contribution is 5.67. The minimum absolute atomic E-state index is 0.220. The standard InChI is InChI=1S/C21H29N5O2/c1-4-26(18-9-7-6-8-10-18)20-15-19(22-16(3)23-20)24-17-11-13-25(14-12-17)21(27)28-5-2/h6-10,15,17H,4-5,11-14H2,1-3H3,(H,22,23,24). The van der Waals surface area contributed by atoms with Gasteiger partial charge in [0, 0.05) is 37.4 Å². The maximum atomic E-state index is 11.9. The minimum atomic E-state index is -0.220. The average molecular weight is 383 g/mol. The van der Waals surface area contributed by atoms with Crippen LogP contribution in [0.15, 0.2) is 36.4 Å². The molecular weight excluding hydrogens is 354 g/mol. The first kappa shape index (κ1) is 19.9. The topological polar surface area (TPSA) is 70.6 Å². The Kier molecular flexibility index (Phi) is 6.68. The third-order valence-corrected chi connectivity index (χ3v) is 4.86. The molecular formula is C21H29N5O2. The fraction of sp³-hybridized carbons (Fsp3) is 0.476. The number of piperidine rings is 1. The summed E-state index contributed by atoms with van der Waals surface area (Å²) in [7, 11) is 0. The molecule has 1 aliphatic rings. The van der Waals surface area contributed by atoms with Crippen LogP contribution in [-0.2, 0) is 4.74 Å². The van der Waals surface area contributed by atoms with Crippen LogP contribution in [0.5, 0.6) is 0 Å². The summed E-state index contributed by atoms with van der Waals surface area (Å²) in [6.45, 7) is 8.47. The van der Waals surface area contributed by atoms with Crippen LogP contribution < -0.4 is 10.2 Å². The molecule has 0 radical (unpaired) electrons. The molecule has 1 aliphatic heterocycles. The average Bonchev–Trinajstić information content (AvgIpc) is 2.70.